The van der Waals surface area contributed by atoms with Gasteiger partial charge in [-0.1, -0.05) is 18.3 Å². The molecule has 0 bridgehead atoms. The van der Waals surface area contributed by atoms with Crippen LogP contribution in [-0.2, 0) is 0 Å². The van der Waals surface area contributed by atoms with Crippen molar-refractivity contribution in [2.45, 2.75) is 19.4 Å². The molecule has 0 radical (unpaired) electrons. The molecular weight excluding hydrogens is 186 g/mol. The highest BCUT2D eigenvalue weighted by Gasteiger charge is 2.25. The summed E-state index contributed by atoms with van der Waals surface area (Å²) in [5.41, 5.74) is 1.74. The van der Waals surface area contributed by atoms with Crippen molar-refractivity contribution in [3.63, 3.8) is 0 Å². The Morgan fingerprint density at radius 1 is 1.69 bits per heavy atom. The van der Waals surface area contributed by atoms with Gasteiger partial charge < -0.3 is 10.0 Å². The summed E-state index contributed by atoms with van der Waals surface area (Å²) in [4.78, 5) is 2.19. The maximum absolute atomic E-state index is 9.53. The molecule has 2 unspecified atom stereocenters. The molecule has 1 fully saturated rings. The van der Waals surface area contributed by atoms with Gasteiger partial charge >= 0.3 is 0 Å². The van der Waals surface area contributed by atoms with Crippen molar-refractivity contribution >= 4 is 16.5 Å². The summed E-state index contributed by atoms with van der Waals surface area (Å²) >= 11 is 1.55. The maximum atomic E-state index is 9.53. The van der Waals surface area contributed by atoms with Crippen molar-refractivity contribution in [2.24, 2.45) is 5.92 Å². The highest BCUT2D eigenvalue weighted by molar-refractivity contribution is 7.13. The monoisotopic (exact) mass is 199 g/mol. The normalized spacial score (nSPS) is 29.2. The van der Waals surface area contributed by atoms with Crippen LogP contribution < -0.4 is 4.90 Å². The molecule has 2 atom stereocenters. The molecule has 1 N–H and O–H groups in total. The van der Waals surface area contributed by atoms with Gasteiger partial charge in [0, 0.05) is 13.1 Å². The number of aliphatic hydroxyl groups excluding tert-OH is 1. The Labute approximate surface area is 81.2 Å². The van der Waals surface area contributed by atoms with Crippen molar-refractivity contribution in [3.05, 3.63) is 5.51 Å². The third-order valence-corrected chi connectivity index (χ3v) is 3.23. The zero-order valence-corrected chi connectivity index (χ0v) is 8.37. The molecule has 1 aromatic heterocycles. The molecule has 0 saturated carbocycles. The average Bonchev–Trinajstić information content (AvgIpc) is 2.62. The molecule has 0 spiro atoms. The Hall–Kier alpha value is -0.680. The maximum Gasteiger partial charge on any atom is 0.208 e. The Morgan fingerprint density at radius 2 is 2.54 bits per heavy atom. The van der Waals surface area contributed by atoms with Crippen LogP contribution in [0.25, 0.3) is 0 Å². The summed E-state index contributed by atoms with van der Waals surface area (Å²) in [5, 5.41) is 18.3. The van der Waals surface area contributed by atoms with E-state index in [1.54, 1.807) is 16.8 Å². The first kappa shape index (κ1) is 8.90. The predicted molar refractivity (Wildman–Crippen MR) is 51.9 cm³/mol. The van der Waals surface area contributed by atoms with Crippen LogP contribution in [-0.4, -0.2) is 34.5 Å². The molecule has 0 amide bonds. The van der Waals surface area contributed by atoms with Gasteiger partial charge in [0.1, 0.15) is 5.51 Å². The number of anilines is 1. The van der Waals surface area contributed by atoms with Crippen LogP contribution in [0, 0.1) is 5.92 Å². The molecular formula is C8H13N3OS. The lowest BCUT2D eigenvalue weighted by Gasteiger charge is -2.33. The summed E-state index contributed by atoms with van der Waals surface area (Å²) < 4.78 is 0. The zero-order chi connectivity index (χ0) is 9.26. The summed E-state index contributed by atoms with van der Waals surface area (Å²) in [6.07, 6.45) is 0.685. The standard InChI is InChI=1S/C8H13N3OS/c1-6-4-11(3-2-7(6)12)8-10-9-5-13-8/h5-7,12H,2-4H2,1H3. The van der Waals surface area contributed by atoms with E-state index in [1.165, 1.54) is 0 Å². The fourth-order valence-electron chi connectivity index (χ4n) is 1.61. The molecule has 1 aliphatic heterocycles. The van der Waals surface area contributed by atoms with Gasteiger partial charge in [0.25, 0.3) is 0 Å². The number of hydrogen-bond acceptors (Lipinski definition) is 5. The van der Waals surface area contributed by atoms with Gasteiger partial charge in [-0.3, -0.25) is 0 Å². The van der Waals surface area contributed by atoms with Crippen molar-refractivity contribution in [2.75, 3.05) is 18.0 Å². The molecule has 1 saturated heterocycles. The van der Waals surface area contributed by atoms with E-state index in [-0.39, 0.29) is 6.10 Å². The topological polar surface area (TPSA) is 49.2 Å². The highest BCUT2D eigenvalue weighted by atomic mass is 32.1. The van der Waals surface area contributed by atoms with E-state index in [0.29, 0.717) is 5.92 Å². The van der Waals surface area contributed by atoms with Crippen molar-refractivity contribution in [3.8, 4) is 0 Å². The minimum absolute atomic E-state index is 0.149. The lowest BCUT2D eigenvalue weighted by Crippen LogP contribution is -2.41. The predicted octanol–water partition coefficient (Wildman–Crippen LogP) is 0.745. The summed E-state index contributed by atoms with van der Waals surface area (Å²) in [6.45, 7) is 3.84. The van der Waals surface area contributed by atoms with Crippen molar-refractivity contribution < 1.29 is 5.11 Å². The molecule has 72 valence electrons. The minimum Gasteiger partial charge on any atom is -0.393 e. The van der Waals surface area contributed by atoms with Crippen LogP contribution >= 0.6 is 11.3 Å². The number of aromatic nitrogens is 2. The third kappa shape index (κ3) is 1.81. The quantitative estimate of drug-likeness (QED) is 0.725. The number of rotatable bonds is 1. The molecule has 2 rings (SSSR count). The minimum atomic E-state index is -0.149. The second-order valence-electron chi connectivity index (χ2n) is 3.50. The van der Waals surface area contributed by atoms with Gasteiger partial charge in [0.2, 0.25) is 5.13 Å². The van der Waals surface area contributed by atoms with E-state index >= 15 is 0 Å². The molecule has 0 aliphatic carbocycles. The van der Waals surface area contributed by atoms with E-state index in [2.05, 4.69) is 22.0 Å². The Bertz CT molecular complexity index is 264. The van der Waals surface area contributed by atoms with Crippen LogP contribution in [0.2, 0.25) is 0 Å². The van der Waals surface area contributed by atoms with E-state index < -0.39 is 0 Å². The van der Waals surface area contributed by atoms with Crippen molar-refractivity contribution in [1.29, 1.82) is 0 Å². The summed E-state index contributed by atoms with van der Waals surface area (Å²) in [6, 6.07) is 0. The van der Waals surface area contributed by atoms with E-state index in [9.17, 15) is 5.11 Å². The van der Waals surface area contributed by atoms with Gasteiger partial charge in [-0.05, 0) is 12.3 Å². The molecule has 4 nitrogen and oxygen atoms in total. The molecule has 1 aliphatic rings. The second kappa shape index (κ2) is 3.59. The summed E-state index contributed by atoms with van der Waals surface area (Å²) in [5.74, 6) is 0.331. The van der Waals surface area contributed by atoms with E-state index in [0.717, 1.165) is 24.6 Å². The molecule has 2 heterocycles. The smallest absolute Gasteiger partial charge is 0.208 e. The van der Waals surface area contributed by atoms with Gasteiger partial charge in [0.15, 0.2) is 0 Å². The van der Waals surface area contributed by atoms with Crippen LogP contribution in [0.5, 0.6) is 0 Å². The molecule has 13 heavy (non-hydrogen) atoms. The SMILES string of the molecule is CC1CN(c2nncs2)CCC1O. The highest BCUT2D eigenvalue weighted by Crippen LogP contribution is 2.23. The van der Waals surface area contributed by atoms with Gasteiger partial charge in [-0.15, -0.1) is 10.2 Å². The number of aliphatic hydroxyl groups is 1. The third-order valence-electron chi connectivity index (χ3n) is 2.48. The lowest BCUT2D eigenvalue weighted by molar-refractivity contribution is 0.0970. The van der Waals surface area contributed by atoms with Crippen LogP contribution in [0.4, 0.5) is 5.13 Å². The average molecular weight is 199 g/mol. The Morgan fingerprint density at radius 3 is 3.15 bits per heavy atom. The van der Waals surface area contributed by atoms with Crippen LogP contribution in [0.1, 0.15) is 13.3 Å². The molecule has 1 aromatic rings. The molecule has 0 aromatic carbocycles. The zero-order valence-electron chi connectivity index (χ0n) is 7.55. The van der Waals surface area contributed by atoms with Gasteiger partial charge in [0.05, 0.1) is 6.10 Å². The largest absolute Gasteiger partial charge is 0.393 e. The van der Waals surface area contributed by atoms with E-state index in [1.807, 2.05) is 0 Å². The second-order valence-corrected chi connectivity index (χ2v) is 4.31. The molecule has 5 heteroatoms. The van der Waals surface area contributed by atoms with Gasteiger partial charge in [-0.25, -0.2) is 0 Å². The number of nitrogens with zero attached hydrogens (tertiary/aromatic N) is 3. The van der Waals surface area contributed by atoms with Crippen molar-refractivity contribution in [1.82, 2.24) is 10.2 Å². The first-order valence-electron chi connectivity index (χ1n) is 4.46. The van der Waals surface area contributed by atoms with Gasteiger partial charge in [-0.2, -0.15) is 0 Å². The Kier molecular flexibility index (Phi) is 2.46. The van der Waals surface area contributed by atoms with E-state index in [4.69, 9.17) is 0 Å². The van der Waals surface area contributed by atoms with Crippen LogP contribution in [0.15, 0.2) is 5.51 Å². The fourth-order valence-corrected chi connectivity index (χ4v) is 2.21. The number of piperidine rings is 1. The lowest BCUT2D eigenvalue weighted by atomic mass is 9.97. The first-order valence-corrected chi connectivity index (χ1v) is 5.34. The summed E-state index contributed by atoms with van der Waals surface area (Å²) in [7, 11) is 0. The first-order chi connectivity index (χ1) is 6.27. The fraction of sp³-hybridized carbons (Fsp3) is 0.750. The van der Waals surface area contributed by atoms with Crippen LogP contribution in [0.3, 0.4) is 0 Å². The number of hydrogen-bond donors (Lipinski definition) is 1. The Balaban J connectivity index is 2.03.